The Balaban J connectivity index is 1.84. The fourth-order valence-electron chi connectivity index (χ4n) is 2.41. The first-order valence-electron chi connectivity index (χ1n) is 8.18. The van der Waals surface area contributed by atoms with Crippen LogP contribution in [-0.4, -0.2) is 21.6 Å². The average Bonchev–Trinajstić information content (AvgIpc) is 3.34. The second-order valence-corrected chi connectivity index (χ2v) is 5.73. The minimum Gasteiger partial charge on any atom is -0.459 e. The maximum atomic E-state index is 13.5. The molecule has 0 aliphatic heterocycles. The average molecular weight is 392 g/mol. The smallest absolute Gasteiger partial charge is 0.418 e. The Bertz CT molecular complexity index is 994. The number of halogens is 3. The fraction of sp³-hybridized carbons (Fsp3) is 0.167. The molecule has 0 unspecified atom stereocenters. The quantitative estimate of drug-likeness (QED) is 0.686. The number of hydrogen-bond donors (Lipinski definition) is 2. The van der Waals surface area contributed by atoms with Gasteiger partial charge in [-0.05, 0) is 37.3 Å². The molecule has 146 valence electrons. The number of aryl methyl sites for hydroxylation is 1. The summed E-state index contributed by atoms with van der Waals surface area (Å²) in [5, 5.41) is 8.47. The minimum atomic E-state index is -4.75. The van der Waals surface area contributed by atoms with Crippen LogP contribution >= 0.6 is 0 Å². The maximum absolute atomic E-state index is 13.5. The van der Waals surface area contributed by atoms with E-state index in [0.717, 1.165) is 12.1 Å². The van der Waals surface area contributed by atoms with Gasteiger partial charge in [0.05, 0.1) is 29.3 Å². The molecule has 3 aromatic rings. The number of carbonyl (C=O) groups excluding carboxylic acids is 2. The summed E-state index contributed by atoms with van der Waals surface area (Å²) in [6.07, 6.45) is -0.776. The lowest BCUT2D eigenvalue weighted by atomic mass is 10.1. The molecule has 2 heterocycles. The van der Waals surface area contributed by atoms with Gasteiger partial charge in [-0.15, -0.1) is 0 Å². The van der Waals surface area contributed by atoms with Gasteiger partial charge in [-0.3, -0.25) is 14.3 Å². The van der Waals surface area contributed by atoms with E-state index < -0.39 is 29.2 Å². The van der Waals surface area contributed by atoms with Crippen LogP contribution in [0.2, 0.25) is 0 Å². The molecule has 2 amide bonds. The lowest BCUT2D eigenvalue weighted by Gasteiger charge is -2.15. The Hall–Kier alpha value is -3.56. The molecule has 7 nitrogen and oxygen atoms in total. The molecular formula is C18H15F3N4O3. The number of rotatable bonds is 5. The van der Waals surface area contributed by atoms with E-state index >= 15 is 0 Å². The van der Waals surface area contributed by atoms with Gasteiger partial charge in [-0.2, -0.15) is 18.3 Å². The van der Waals surface area contributed by atoms with Gasteiger partial charge >= 0.3 is 6.18 Å². The molecule has 0 saturated heterocycles. The molecular weight excluding hydrogens is 377 g/mol. The van der Waals surface area contributed by atoms with Crippen molar-refractivity contribution in [3.63, 3.8) is 0 Å². The van der Waals surface area contributed by atoms with Crippen LogP contribution < -0.4 is 10.6 Å². The minimum absolute atomic E-state index is 0.0427. The highest BCUT2D eigenvalue weighted by Crippen LogP contribution is 2.37. The summed E-state index contributed by atoms with van der Waals surface area (Å²) >= 11 is 0. The summed E-state index contributed by atoms with van der Waals surface area (Å²) in [6.45, 7) is 2.33. The number of carbonyl (C=O) groups is 2. The van der Waals surface area contributed by atoms with E-state index in [9.17, 15) is 22.8 Å². The third-order valence-corrected chi connectivity index (χ3v) is 3.80. The van der Waals surface area contributed by atoms with Gasteiger partial charge in [0.2, 0.25) is 0 Å². The summed E-state index contributed by atoms with van der Waals surface area (Å²) in [4.78, 5) is 24.2. The van der Waals surface area contributed by atoms with Crippen molar-refractivity contribution < 1.29 is 27.2 Å². The molecule has 0 saturated carbocycles. The predicted molar refractivity (Wildman–Crippen MR) is 94.0 cm³/mol. The highest BCUT2D eigenvalue weighted by molar-refractivity contribution is 6.05. The van der Waals surface area contributed by atoms with E-state index in [1.165, 1.54) is 41.5 Å². The summed E-state index contributed by atoms with van der Waals surface area (Å²) in [5.41, 5.74) is -1.49. The number of furan rings is 1. The van der Waals surface area contributed by atoms with E-state index in [-0.39, 0.29) is 17.0 Å². The van der Waals surface area contributed by atoms with Crippen molar-refractivity contribution in [2.45, 2.75) is 19.6 Å². The molecule has 2 aromatic heterocycles. The molecule has 28 heavy (non-hydrogen) atoms. The van der Waals surface area contributed by atoms with Crippen LogP contribution in [0.25, 0.3) is 0 Å². The number of aromatic nitrogens is 2. The van der Waals surface area contributed by atoms with Crippen molar-refractivity contribution in [2.24, 2.45) is 0 Å². The molecule has 0 spiro atoms. The molecule has 0 fully saturated rings. The van der Waals surface area contributed by atoms with Crippen LogP contribution in [-0.2, 0) is 12.7 Å². The Morgan fingerprint density at radius 2 is 1.96 bits per heavy atom. The van der Waals surface area contributed by atoms with Crippen LogP contribution in [0.4, 0.5) is 24.5 Å². The first kappa shape index (κ1) is 19.2. The molecule has 1 aromatic carbocycles. The summed E-state index contributed by atoms with van der Waals surface area (Å²) in [5.74, 6) is -1.46. The Morgan fingerprint density at radius 3 is 2.57 bits per heavy atom. The SMILES string of the molecule is CCn1cc(C(=O)Nc2ccc(NC(=O)c3ccco3)cc2C(F)(F)F)cn1. The van der Waals surface area contributed by atoms with E-state index in [2.05, 4.69) is 15.7 Å². The zero-order chi connectivity index (χ0) is 20.3. The Kier molecular flexibility index (Phi) is 5.21. The predicted octanol–water partition coefficient (Wildman–Crippen LogP) is 4.02. The topological polar surface area (TPSA) is 89.2 Å². The van der Waals surface area contributed by atoms with Gasteiger partial charge in [0, 0.05) is 18.4 Å². The van der Waals surface area contributed by atoms with Crippen molar-refractivity contribution >= 4 is 23.2 Å². The van der Waals surface area contributed by atoms with Gasteiger partial charge < -0.3 is 15.1 Å². The first-order valence-corrected chi connectivity index (χ1v) is 8.18. The van der Waals surface area contributed by atoms with E-state index in [1.807, 2.05) is 6.92 Å². The molecule has 10 heteroatoms. The van der Waals surface area contributed by atoms with Crippen molar-refractivity contribution in [2.75, 3.05) is 10.6 Å². The summed E-state index contributed by atoms with van der Waals surface area (Å²) in [6, 6.07) is 5.93. The standard InChI is InChI=1S/C18H15F3N4O3/c1-2-25-10-11(9-22-25)16(26)24-14-6-5-12(8-13(14)18(19,20)21)23-17(27)15-4-3-7-28-15/h3-10H,2H2,1H3,(H,23,27)(H,24,26). The molecule has 3 rings (SSSR count). The van der Waals surface area contributed by atoms with Crippen molar-refractivity contribution in [3.05, 3.63) is 65.9 Å². The second-order valence-electron chi connectivity index (χ2n) is 5.73. The number of nitrogens with zero attached hydrogens (tertiary/aromatic N) is 2. The second kappa shape index (κ2) is 7.59. The van der Waals surface area contributed by atoms with Crippen LogP contribution in [0.15, 0.2) is 53.4 Å². The van der Waals surface area contributed by atoms with Crippen molar-refractivity contribution in [1.29, 1.82) is 0 Å². The van der Waals surface area contributed by atoms with Crippen LogP contribution in [0.1, 0.15) is 33.4 Å². The van der Waals surface area contributed by atoms with E-state index in [4.69, 9.17) is 4.42 Å². The molecule has 0 aliphatic rings. The number of amides is 2. The Labute approximate surface area is 157 Å². The molecule has 0 bridgehead atoms. The maximum Gasteiger partial charge on any atom is 0.418 e. The largest absolute Gasteiger partial charge is 0.459 e. The highest BCUT2D eigenvalue weighted by Gasteiger charge is 2.34. The number of benzene rings is 1. The third kappa shape index (κ3) is 4.22. The molecule has 0 aliphatic carbocycles. The van der Waals surface area contributed by atoms with Gasteiger partial charge in [-0.1, -0.05) is 0 Å². The van der Waals surface area contributed by atoms with Gasteiger partial charge in [0.25, 0.3) is 11.8 Å². The zero-order valence-electron chi connectivity index (χ0n) is 14.6. The molecule has 2 N–H and O–H groups in total. The van der Waals surface area contributed by atoms with Gasteiger partial charge in [-0.25, -0.2) is 0 Å². The summed E-state index contributed by atoms with van der Waals surface area (Å²) < 4.78 is 46.7. The highest BCUT2D eigenvalue weighted by atomic mass is 19.4. The Morgan fingerprint density at radius 1 is 1.18 bits per heavy atom. The van der Waals surface area contributed by atoms with Gasteiger partial charge in [0.15, 0.2) is 5.76 Å². The number of alkyl halides is 3. The first-order chi connectivity index (χ1) is 13.3. The van der Waals surface area contributed by atoms with Crippen LogP contribution in [0.3, 0.4) is 0 Å². The van der Waals surface area contributed by atoms with Crippen molar-refractivity contribution in [3.8, 4) is 0 Å². The monoisotopic (exact) mass is 392 g/mol. The molecule has 0 radical (unpaired) electrons. The summed E-state index contributed by atoms with van der Waals surface area (Å²) in [7, 11) is 0. The number of anilines is 2. The lowest BCUT2D eigenvalue weighted by Crippen LogP contribution is -2.17. The van der Waals surface area contributed by atoms with Crippen LogP contribution in [0.5, 0.6) is 0 Å². The van der Waals surface area contributed by atoms with Gasteiger partial charge in [0.1, 0.15) is 0 Å². The van der Waals surface area contributed by atoms with Crippen LogP contribution in [0, 0.1) is 0 Å². The van der Waals surface area contributed by atoms with E-state index in [1.54, 1.807) is 0 Å². The number of hydrogen-bond acceptors (Lipinski definition) is 4. The third-order valence-electron chi connectivity index (χ3n) is 3.80. The fourth-order valence-corrected chi connectivity index (χ4v) is 2.41. The normalized spacial score (nSPS) is 11.3. The zero-order valence-corrected chi connectivity index (χ0v) is 14.6. The van der Waals surface area contributed by atoms with E-state index in [0.29, 0.717) is 6.54 Å². The number of nitrogens with one attached hydrogen (secondary N) is 2. The molecule has 0 atom stereocenters. The van der Waals surface area contributed by atoms with Crippen molar-refractivity contribution in [1.82, 2.24) is 9.78 Å². The lowest BCUT2D eigenvalue weighted by molar-refractivity contribution is -0.136.